The number of rotatable bonds is 5. The summed E-state index contributed by atoms with van der Waals surface area (Å²) in [5, 5.41) is 11.3. The lowest BCUT2D eigenvalue weighted by Crippen LogP contribution is -2.29. The standard InChI is InChI=1S/C26H26N2O4/c1-16-7-8-17(2)21(14-16)24(29)22-23(18-9-11-19(12-10-18)27(3)4)28(26(31)25(22)30)15-20-6-5-13-32-20/h5-14,23,29H,15H2,1-4H3/b24-22+. The highest BCUT2D eigenvalue weighted by molar-refractivity contribution is 6.46. The summed E-state index contributed by atoms with van der Waals surface area (Å²) >= 11 is 0. The number of aliphatic hydroxyl groups excluding tert-OH is 1. The Bertz CT molecular complexity index is 1190. The fourth-order valence-electron chi connectivity index (χ4n) is 4.05. The Morgan fingerprint density at radius 1 is 1.06 bits per heavy atom. The van der Waals surface area contributed by atoms with Crippen LogP contribution in [0.15, 0.2) is 70.9 Å². The molecule has 0 saturated carbocycles. The summed E-state index contributed by atoms with van der Waals surface area (Å²) in [6, 6.07) is 16.1. The number of nitrogens with zero attached hydrogens (tertiary/aromatic N) is 2. The fraction of sp³-hybridized carbons (Fsp3) is 0.231. The van der Waals surface area contributed by atoms with Crippen LogP contribution in [-0.4, -0.2) is 35.8 Å². The van der Waals surface area contributed by atoms with Crippen LogP contribution in [0.2, 0.25) is 0 Å². The Balaban J connectivity index is 1.89. The number of anilines is 1. The topological polar surface area (TPSA) is 74.0 Å². The number of carbonyl (C=O) groups is 2. The molecule has 1 N–H and O–H groups in total. The van der Waals surface area contributed by atoms with Gasteiger partial charge in [-0.2, -0.15) is 0 Å². The smallest absolute Gasteiger partial charge is 0.296 e. The van der Waals surface area contributed by atoms with Crippen LogP contribution >= 0.6 is 0 Å². The van der Waals surface area contributed by atoms with Gasteiger partial charge in [0.1, 0.15) is 11.5 Å². The van der Waals surface area contributed by atoms with E-state index < -0.39 is 17.7 Å². The van der Waals surface area contributed by atoms with E-state index in [0.29, 0.717) is 11.3 Å². The molecular weight excluding hydrogens is 404 g/mol. The second-order valence-corrected chi connectivity index (χ2v) is 8.31. The molecule has 164 valence electrons. The van der Waals surface area contributed by atoms with Crippen LogP contribution in [-0.2, 0) is 16.1 Å². The van der Waals surface area contributed by atoms with Crippen molar-refractivity contribution < 1.29 is 19.1 Å². The van der Waals surface area contributed by atoms with Gasteiger partial charge in [0.25, 0.3) is 11.7 Å². The average molecular weight is 431 g/mol. The first-order valence-electron chi connectivity index (χ1n) is 10.4. The average Bonchev–Trinajstić information content (AvgIpc) is 3.37. The zero-order chi connectivity index (χ0) is 23.0. The highest BCUT2D eigenvalue weighted by Crippen LogP contribution is 2.41. The lowest BCUT2D eigenvalue weighted by molar-refractivity contribution is -0.140. The fourth-order valence-corrected chi connectivity index (χ4v) is 4.05. The van der Waals surface area contributed by atoms with Crippen LogP contribution in [0, 0.1) is 13.8 Å². The highest BCUT2D eigenvalue weighted by atomic mass is 16.3. The molecule has 1 saturated heterocycles. The van der Waals surface area contributed by atoms with Gasteiger partial charge in [0, 0.05) is 25.3 Å². The van der Waals surface area contributed by atoms with Crippen LogP contribution in [0.5, 0.6) is 0 Å². The van der Waals surface area contributed by atoms with Crippen molar-refractivity contribution in [2.24, 2.45) is 0 Å². The quantitative estimate of drug-likeness (QED) is 0.364. The predicted molar refractivity (Wildman–Crippen MR) is 123 cm³/mol. The molecule has 0 radical (unpaired) electrons. The zero-order valence-corrected chi connectivity index (χ0v) is 18.6. The van der Waals surface area contributed by atoms with Gasteiger partial charge in [0.2, 0.25) is 0 Å². The van der Waals surface area contributed by atoms with E-state index in [0.717, 1.165) is 22.4 Å². The minimum Gasteiger partial charge on any atom is -0.507 e. The number of benzene rings is 2. The molecule has 2 aromatic carbocycles. The molecule has 3 aromatic rings. The monoisotopic (exact) mass is 430 g/mol. The number of amides is 1. The molecule has 1 aliphatic rings. The van der Waals surface area contributed by atoms with Gasteiger partial charge < -0.3 is 19.3 Å². The van der Waals surface area contributed by atoms with Crippen LogP contribution in [0.3, 0.4) is 0 Å². The van der Waals surface area contributed by atoms with Crippen molar-refractivity contribution >= 4 is 23.1 Å². The van der Waals surface area contributed by atoms with Gasteiger partial charge in [-0.3, -0.25) is 9.59 Å². The molecule has 1 aromatic heterocycles. The molecule has 32 heavy (non-hydrogen) atoms. The number of aliphatic hydroxyl groups is 1. The molecule has 1 aliphatic heterocycles. The van der Waals surface area contributed by atoms with Crippen LogP contribution in [0.4, 0.5) is 5.69 Å². The van der Waals surface area contributed by atoms with E-state index >= 15 is 0 Å². The predicted octanol–water partition coefficient (Wildman–Crippen LogP) is 4.58. The minimum absolute atomic E-state index is 0.0906. The van der Waals surface area contributed by atoms with Crippen molar-refractivity contribution in [1.82, 2.24) is 4.90 Å². The number of Topliss-reactive ketones (excluding diaryl/α,β-unsaturated/α-hetero) is 1. The molecule has 1 amide bonds. The maximum absolute atomic E-state index is 13.2. The first-order chi connectivity index (χ1) is 15.3. The molecule has 0 bridgehead atoms. The van der Waals surface area contributed by atoms with E-state index in [4.69, 9.17) is 4.42 Å². The summed E-state index contributed by atoms with van der Waals surface area (Å²) in [4.78, 5) is 29.7. The number of hydrogen-bond donors (Lipinski definition) is 1. The van der Waals surface area contributed by atoms with E-state index in [1.54, 1.807) is 12.1 Å². The summed E-state index contributed by atoms with van der Waals surface area (Å²) < 4.78 is 5.44. The number of ketones is 1. The molecular formula is C26H26N2O4. The molecule has 4 rings (SSSR count). The van der Waals surface area contributed by atoms with Crippen molar-refractivity contribution in [3.8, 4) is 0 Å². The third kappa shape index (κ3) is 3.80. The lowest BCUT2D eigenvalue weighted by atomic mass is 9.93. The Labute approximate surface area is 187 Å². The van der Waals surface area contributed by atoms with Gasteiger partial charge >= 0.3 is 0 Å². The maximum atomic E-state index is 13.2. The van der Waals surface area contributed by atoms with Crippen molar-refractivity contribution in [3.63, 3.8) is 0 Å². The molecule has 6 nitrogen and oxygen atoms in total. The Kier molecular flexibility index (Phi) is 5.61. The van der Waals surface area contributed by atoms with Crippen LogP contribution in [0.1, 0.15) is 34.1 Å². The molecule has 0 spiro atoms. The van der Waals surface area contributed by atoms with Gasteiger partial charge in [-0.05, 0) is 55.3 Å². The second-order valence-electron chi connectivity index (χ2n) is 8.31. The number of hydrogen-bond acceptors (Lipinski definition) is 5. The molecule has 1 fully saturated rings. The third-order valence-corrected chi connectivity index (χ3v) is 5.82. The van der Waals surface area contributed by atoms with Crippen molar-refractivity contribution in [2.75, 3.05) is 19.0 Å². The van der Waals surface area contributed by atoms with Gasteiger partial charge in [-0.15, -0.1) is 0 Å². The molecule has 1 atom stereocenters. The van der Waals surface area contributed by atoms with Crippen molar-refractivity contribution in [1.29, 1.82) is 0 Å². The van der Waals surface area contributed by atoms with E-state index in [1.807, 2.05) is 75.3 Å². The first-order valence-corrected chi connectivity index (χ1v) is 10.4. The van der Waals surface area contributed by atoms with E-state index in [-0.39, 0.29) is 17.9 Å². The Hall–Kier alpha value is -3.80. The number of aryl methyl sites for hydroxylation is 2. The van der Waals surface area contributed by atoms with Crippen LogP contribution in [0.25, 0.3) is 5.76 Å². The normalized spacial score (nSPS) is 17.8. The SMILES string of the molecule is Cc1ccc(C)c(/C(O)=C2\C(=O)C(=O)N(Cc3ccco3)C2c2ccc(N(C)C)cc2)c1. The Morgan fingerprint density at radius 2 is 1.78 bits per heavy atom. The van der Waals surface area contributed by atoms with Gasteiger partial charge in [-0.25, -0.2) is 0 Å². The molecule has 0 aliphatic carbocycles. The summed E-state index contributed by atoms with van der Waals surface area (Å²) in [6.45, 7) is 3.92. The third-order valence-electron chi connectivity index (χ3n) is 5.82. The molecule has 6 heteroatoms. The highest BCUT2D eigenvalue weighted by Gasteiger charge is 2.46. The summed E-state index contributed by atoms with van der Waals surface area (Å²) in [5.74, 6) is -0.951. The maximum Gasteiger partial charge on any atom is 0.296 e. The van der Waals surface area contributed by atoms with Crippen molar-refractivity contribution in [3.05, 3.63) is 94.4 Å². The van der Waals surface area contributed by atoms with E-state index in [9.17, 15) is 14.7 Å². The Morgan fingerprint density at radius 3 is 2.41 bits per heavy atom. The summed E-state index contributed by atoms with van der Waals surface area (Å²) in [7, 11) is 3.89. The van der Waals surface area contributed by atoms with E-state index in [2.05, 4.69) is 0 Å². The van der Waals surface area contributed by atoms with Crippen LogP contribution < -0.4 is 4.90 Å². The first kappa shape index (κ1) is 21.4. The molecule has 2 heterocycles. The summed E-state index contributed by atoms with van der Waals surface area (Å²) in [5.41, 5.74) is 4.16. The second kappa shape index (κ2) is 8.38. The lowest BCUT2D eigenvalue weighted by Gasteiger charge is -2.25. The zero-order valence-electron chi connectivity index (χ0n) is 18.6. The van der Waals surface area contributed by atoms with Gasteiger partial charge in [0.15, 0.2) is 0 Å². The molecule has 1 unspecified atom stereocenters. The number of furan rings is 1. The number of likely N-dealkylation sites (tertiary alicyclic amines) is 1. The van der Waals surface area contributed by atoms with E-state index in [1.165, 1.54) is 11.2 Å². The van der Waals surface area contributed by atoms with Crippen molar-refractivity contribution in [2.45, 2.75) is 26.4 Å². The number of carbonyl (C=O) groups excluding carboxylic acids is 2. The largest absolute Gasteiger partial charge is 0.507 e. The van der Waals surface area contributed by atoms with Gasteiger partial charge in [-0.1, -0.05) is 29.8 Å². The van der Waals surface area contributed by atoms with Gasteiger partial charge in [0.05, 0.1) is 24.4 Å². The minimum atomic E-state index is -0.726. The summed E-state index contributed by atoms with van der Waals surface area (Å²) in [6.07, 6.45) is 1.53.